The molecule has 0 unspecified atom stereocenters. The van der Waals surface area contributed by atoms with Crippen LogP contribution < -0.4 is 4.72 Å². The van der Waals surface area contributed by atoms with Crippen molar-refractivity contribution in [1.82, 2.24) is 4.98 Å². The van der Waals surface area contributed by atoms with Crippen LogP contribution in [0.3, 0.4) is 0 Å². The van der Waals surface area contributed by atoms with Crippen molar-refractivity contribution in [2.75, 3.05) is 4.72 Å². The van der Waals surface area contributed by atoms with E-state index < -0.39 is 15.8 Å². The minimum Gasteiger partial charge on any atom is -0.360 e. The van der Waals surface area contributed by atoms with E-state index in [2.05, 4.69) is 25.6 Å². The fourth-order valence-electron chi connectivity index (χ4n) is 2.18. The number of anilines is 1. The van der Waals surface area contributed by atoms with Crippen LogP contribution in [-0.4, -0.2) is 13.4 Å². The second-order valence-electron chi connectivity index (χ2n) is 4.88. The van der Waals surface area contributed by atoms with Crippen LogP contribution in [0.4, 0.5) is 10.1 Å². The molecule has 0 radical (unpaired) electrons. The normalized spacial score (nSPS) is 11.4. The van der Waals surface area contributed by atoms with Gasteiger partial charge >= 0.3 is 0 Å². The Morgan fingerprint density at radius 1 is 1.29 bits per heavy atom. The van der Waals surface area contributed by atoms with Crippen LogP contribution in [0.1, 0.15) is 5.56 Å². The predicted octanol–water partition coefficient (Wildman–Crippen LogP) is 4.40. The molecule has 0 saturated carbocycles. The van der Waals surface area contributed by atoms with E-state index in [9.17, 15) is 12.8 Å². The first-order chi connectivity index (χ1) is 11.3. The van der Waals surface area contributed by atoms with Gasteiger partial charge in [-0.2, -0.15) is 5.26 Å². The van der Waals surface area contributed by atoms with Gasteiger partial charge in [0.15, 0.2) is 0 Å². The number of H-pyrrole nitrogens is 1. The van der Waals surface area contributed by atoms with Gasteiger partial charge in [-0.15, -0.1) is 0 Å². The molecule has 1 aromatic heterocycles. The first kappa shape index (κ1) is 16.8. The number of nitrogens with zero attached hydrogens (tertiary/aromatic N) is 1. The number of nitriles is 1. The number of rotatable bonds is 3. The lowest BCUT2D eigenvalue weighted by Crippen LogP contribution is -2.13. The van der Waals surface area contributed by atoms with Crippen molar-refractivity contribution in [3.05, 3.63) is 57.4 Å². The molecule has 0 aliphatic rings. The molecule has 0 aliphatic carbocycles. The van der Waals surface area contributed by atoms with E-state index in [0.717, 1.165) is 6.07 Å². The summed E-state index contributed by atoms with van der Waals surface area (Å²) < 4.78 is 41.8. The second-order valence-corrected chi connectivity index (χ2v) is 7.79. The number of aromatic amines is 1. The first-order valence-corrected chi connectivity index (χ1v) is 9.16. The summed E-state index contributed by atoms with van der Waals surface area (Å²) in [6.07, 6.45) is 1.30. The summed E-state index contributed by atoms with van der Waals surface area (Å²) in [6.45, 7) is 0. The minimum absolute atomic E-state index is 0.0429. The average Bonchev–Trinajstić information content (AvgIpc) is 2.93. The van der Waals surface area contributed by atoms with Crippen molar-refractivity contribution in [3.63, 3.8) is 0 Å². The largest absolute Gasteiger partial charge is 0.360 e. The smallest absolute Gasteiger partial charge is 0.264 e. The summed E-state index contributed by atoms with van der Waals surface area (Å²) in [5, 5.41) is 9.57. The number of halogens is 3. The highest BCUT2D eigenvalue weighted by molar-refractivity contribution is 9.10. The van der Waals surface area contributed by atoms with Gasteiger partial charge in [0.2, 0.25) is 0 Å². The van der Waals surface area contributed by atoms with Crippen LogP contribution in [0.15, 0.2) is 45.9 Å². The van der Waals surface area contributed by atoms with Crippen molar-refractivity contribution in [3.8, 4) is 6.07 Å². The fraction of sp³-hybridized carbons (Fsp3) is 0. The summed E-state index contributed by atoms with van der Waals surface area (Å²) in [7, 11) is -4.04. The number of nitrogens with one attached hydrogen (secondary N) is 2. The number of aromatic nitrogens is 1. The summed E-state index contributed by atoms with van der Waals surface area (Å²) in [4.78, 5) is 2.78. The zero-order valence-corrected chi connectivity index (χ0v) is 14.9. The Morgan fingerprint density at radius 2 is 2.04 bits per heavy atom. The molecule has 3 rings (SSSR count). The average molecular weight is 429 g/mol. The van der Waals surface area contributed by atoms with Crippen molar-refractivity contribution in [2.24, 2.45) is 0 Å². The van der Waals surface area contributed by atoms with Crippen molar-refractivity contribution in [2.45, 2.75) is 4.90 Å². The molecule has 0 amide bonds. The number of hydrogen-bond acceptors (Lipinski definition) is 3. The van der Waals surface area contributed by atoms with Crippen LogP contribution in [0.2, 0.25) is 5.02 Å². The highest BCUT2D eigenvalue weighted by Crippen LogP contribution is 2.32. The van der Waals surface area contributed by atoms with Crippen LogP contribution in [0.25, 0.3) is 10.9 Å². The van der Waals surface area contributed by atoms with E-state index in [1.54, 1.807) is 18.2 Å². The zero-order chi connectivity index (χ0) is 17.5. The third-order valence-electron chi connectivity index (χ3n) is 3.32. The van der Waals surface area contributed by atoms with E-state index >= 15 is 0 Å². The van der Waals surface area contributed by atoms with Gasteiger partial charge < -0.3 is 4.98 Å². The van der Waals surface area contributed by atoms with Crippen molar-refractivity contribution in [1.29, 1.82) is 5.26 Å². The maximum atomic E-state index is 13.9. The number of sulfonamides is 1. The van der Waals surface area contributed by atoms with Gasteiger partial charge in [0.1, 0.15) is 10.7 Å². The fourth-order valence-corrected chi connectivity index (χ4v) is 3.93. The molecule has 1 heterocycles. The van der Waals surface area contributed by atoms with Gasteiger partial charge in [-0.25, -0.2) is 12.8 Å². The Bertz CT molecular complexity index is 1110. The van der Waals surface area contributed by atoms with Crippen LogP contribution in [-0.2, 0) is 10.0 Å². The molecule has 3 aromatic rings. The van der Waals surface area contributed by atoms with Gasteiger partial charge in [0.25, 0.3) is 10.0 Å². The van der Waals surface area contributed by atoms with Crippen LogP contribution >= 0.6 is 27.5 Å². The molecular formula is C15H8BrClFN3O2S. The highest BCUT2D eigenvalue weighted by Gasteiger charge is 2.21. The molecule has 0 saturated heterocycles. The molecule has 0 bridgehead atoms. The minimum atomic E-state index is -4.04. The summed E-state index contributed by atoms with van der Waals surface area (Å²) in [5.74, 6) is -0.832. The number of hydrogen-bond donors (Lipinski definition) is 2. The SMILES string of the molecule is N#Cc1ccc(NS(=O)(=O)c2c[nH]c3cc(Cl)c(Br)cc23)c(F)c1. The molecule has 0 spiro atoms. The molecule has 2 aromatic carbocycles. The Balaban J connectivity index is 2.06. The van der Waals surface area contributed by atoms with E-state index in [4.69, 9.17) is 16.9 Å². The monoisotopic (exact) mass is 427 g/mol. The molecule has 0 fully saturated rings. The van der Waals surface area contributed by atoms with Gasteiger partial charge in [-0.05, 0) is 46.3 Å². The molecule has 0 aliphatic heterocycles. The lowest BCUT2D eigenvalue weighted by Gasteiger charge is -2.08. The summed E-state index contributed by atoms with van der Waals surface area (Å²) >= 11 is 9.23. The maximum Gasteiger partial charge on any atom is 0.264 e. The van der Waals surface area contributed by atoms with E-state index in [-0.39, 0.29) is 16.1 Å². The Labute approximate surface area is 150 Å². The lowest BCUT2D eigenvalue weighted by molar-refractivity contribution is 0.599. The molecule has 122 valence electrons. The van der Waals surface area contributed by atoms with E-state index in [1.165, 1.54) is 18.3 Å². The Kier molecular flexibility index (Phi) is 4.25. The van der Waals surface area contributed by atoms with Gasteiger partial charge in [-0.3, -0.25) is 4.72 Å². The van der Waals surface area contributed by atoms with Gasteiger partial charge in [0.05, 0.1) is 22.3 Å². The quantitative estimate of drug-likeness (QED) is 0.648. The first-order valence-electron chi connectivity index (χ1n) is 6.50. The van der Waals surface area contributed by atoms with Crippen LogP contribution in [0, 0.1) is 17.1 Å². The summed E-state index contributed by atoms with van der Waals surface area (Å²) in [5.41, 5.74) is 0.390. The van der Waals surface area contributed by atoms with E-state index in [0.29, 0.717) is 20.4 Å². The number of fused-ring (bicyclic) bond motifs is 1. The topological polar surface area (TPSA) is 85.8 Å². The van der Waals surface area contributed by atoms with Gasteiger partial charge in [0, 0.05) is 21.6 Å². The van der Waals surface area contributed by atoms with Crippen molar-refractivity contribution >= 4 is 54.1 Å². The second kappa shape index (κ2) is 6.09. The zero-order valence-electron chi connectivity index (χ0n) is 11.8. The maximum absolute atomic E-state index is 13.9. The molecule has 5 nitrogen and oxygen atoms in total. The van der Waals surface area contributed by atoms with Crippen LogP contribution in [0.5, 0.6) is 0 Å². The number of benzene rings is 2. The third kappa shape index (κ3) is 2.98. The van der Waals surface area contributed by atoms with Crippen molar-refractivity contribution < 1.29 is 12.8 Å². The molecule has 2 N–H and O–H groups in total. The molecule has 24 heavy (non-hydrogen) atoms. The standard InChI is InChI=1S/C15H8BrClFN3O2S/c16-10-4-9-14(5-11(10)17)20-7-15(9)24(22,23)21-13-2-1-8(6-19)3-12(13)18/h1-5,7,20-21H. The lowest BCUT2D eigenvalue weighted by atomic mass is 10.2. The molecular weight excluding hydrogens is 421 g/mol. The highest BCUT2D eigenvalue weighted by atomic mass is 79.9. The van der Waals surface area contributed by atoms with E-state index in [1.807, 2.05) is 0 Å². The third-order valence-corrected chi connectivity index (χ3v) is 5.92. The summed E-state index contributed by atoms with van der Waals surface area (Å²) in [6, 6.07) is 8.42. The van der Waals surface area contributed by atoms with Gasteiger partial charge in [-0.1, -0.05) is 11.6 Å². The molecule has 9 heteroatoms. The Hall–Kier alpha value is -2.08. The Morgan fingerprint density at radius 3 is 2.71 bits per heavy atom. The predicted molar refractivity (Wildman–Crippen MR) is 92.9 cm³/mol. The molecule has 0 atom stereocenters.